The molecule has 2 aliphatic rings. The monoisotopic (exact) mass is 488 g/mol. The van der Waals surface area contributed by atoms with E-state index in [4.69, 9.17) is 5.26 Å². The highest BCUT2D eigenvalue weighted by Gasteiger charge is 2.53. The zero-order chi connectivity index (χ0) is 24.7. The van der Waals surface area contributed by atoms with Crippen LogP contribution >= 0.6 is 0 Å². The van der Waals surface area contributed by atoms with Gasteiger partial charge in [0, 0.05) is 30.1 Å². The minimum atomic E-state index is -3.83. The van der Waals surface area contributed by atoms with Gasteiger partial charge in [0.1, 0.15) is 16.9 Å². The largest absolute Gasteiger partial charge is 0.481 e. The van der Waals surface area contributed by atoms with Crippen molar-refractivity contribution in [3.8, 4) is 6.07 Å². The minimum Gasteiger partial charge on any atom is -0.481 e. The Balaban J connectivity index is 1.64. The summed E-state index contributed by atoms with van der Waals surface area (Å²) >= 11 is 0. The number of benzene rings is 2. The fraction of sp³-hybridized carbons (Fsp3) is 0.440. The van der Waals surface area contributed by atoms with E-state index < -0.39 is 44.3 Å². The normalized spacial score (nSPS) is 28.6. The summed E-state index contributed by atoms with van der Waals surface area (Å²) in [4.78, 5) is 12.0. The van der Waals surface area contributed by atoms with Crippen molar-refractivity contribution in [2.75, 3.05) is 0 Å². The van der Waals surface area contributed by atoms with Crippen LogP contribution in [0.2, 0.25) is 0 Å². The molecule has 0 bridgehead atoms. The maximum Gasteiger partial charge on any atom is 0.314 e. The van der Waals surface area contributed by atoms with Crippen LogP contribution in [0.4, 0.5) is 8.78 Å². The van der Waals surface area contributed by atoms with Crippen LogP contribution in [0.5, 0.6) is 0 Å². The number of rotatable bonds is 6. The number of carboxylic acids is 1. The summed E-state index contributed by atoms with van der Waals surface area (Å²) in [6, 6.07) is 12.2. The number of nitriles is 1. The summed E-state index contributed by atoms with van der Waals surface area (Å²) in [5.41, 5.74) is -1.32. The van der Waals surface area contributed by atoms with Gasteiger partial charge in [-0.2, -0.15) is 9.57 Å². The number of nitrogens with zero attached hydrogens (tertiary/aromatic N) is 2. The molecule has 9 heteroatoms. The second-order valence-corrected chi connectivity index (χ2v) is 11.4. The molecule has 2 atom stereocenters. The molecule has 1 aliphatic carbocycles. The van der Waals surface area contributed by atoms with Gasteiger partial charge in [0.05, 0.1) is 11.5 Å². The lowest BCUT2D eigenvalue weighted by Crippen LogP contribution is -2.48. The van der Waals surface area contributed by atoms with Crippen molar-refractivity contribution < 1.29 is 27.1 Å². The number of carboxylic acid groups (broad SMARTS) is 1. The van der Waals surface area contributed by atoms with Gasteiger partial charge in [-0.05, 0) is 56.2 Å². The molecule has 2 fully saturated rings. The first-order valence-electron chi connectivity index (χ1n) is 11.2. The number of carbonyl (C=O) groups is 1. The predicted molar refractivity (Wildman–Crippen MR) is 121 cm³/mol. The summed E-state index contributed by atoms with van der Waals surface area (Å²) in [6.45, 7) is 1.40. The highest BCUT2D eigenvalue weighted by atomic mass is 32.2. The Kier molecular flexibility index (Phi) is 6.49. The van der Waals surface area contributed by atoms with Crippen molar-refractivity contribution in [3.63, 3.8) is 0 Å². The molecule has 180 valence electrons. The third-order valence-corrected chi connectivity index (χ3v) is 9.61. The maximum atomic E-state index is 15.2. The lowest BCUT2D eigenvalue weighted by atomic mass is 9.57. The molecule has 0 radical (unpaired) electrons. The van der Waals surface area contributed by atoms with Gasteiger partial charge in [-0.3, -0.25) is 4.79 Å². The van der Waals surface area contributed by atoms with Crippen LogP contribution in [-0.2, 0) is 26.8 Å². The van der Waals surface area contributed by atoms with E-state index in [9.17, 15) is 18.3 Å². The number of hydrogen-bond acceptors (Lipinski definition) is 4. The van der Waals surface area contributed by atoms with Crippen molar-refractivity contribution in [1.29, 1.82) is 5.26 Å². The predicted octanol–water partition coefficient (Wildman–Crippen LogP) is 4.67. The average molecular weight is 489 g/mol. The van der Waals surface area contributed by atoms with Gasteiger partial charge in [0.25, 0.3) is 0 Å². The number of hydrogen-bond donors (Lipinski definition) is 1. The minimum absolute atomic E-state index is 0.0574. The summed E-state index contributed by atoms with van der Waals surface area (Å²) in [7, 11) is -3.83. The summed E-state index contributed by atoms with van der Waals surface area (Å²) in [5, 5.41) is 17.8. The Labute approximate surface area is 197 Å². The number of sulfonamides is 1. The molecule has 0 aromatic heterocycles. The van der Waals surface area contributed by atoms with Crippen molar-refractivity contribution in [3.05, 3.63) is 70.8 Å². The molecular formula is C25H26F2N2O4S. The van der Waals surface area contributed by atoms with Gasteiger partial charge in [-0.25, -0.2) is 17.2 Å². The van der Waals surface area contributed by atoms with Crippen LogP contribution in [0.3, 0.4) is 0 Å². The van der Waals surface area contributed by atoms with Gasteiger partial charge >= 0.3 is 5.97 Å². The van der Waals surface area contributed by atoms with Crippen molar-refractivity contribution in [1.82, 2.24) is 4.31 Å². The molecule has 1 saturated carbocycles. The Bertz CT molecular complexity index is 1240. The zero-order valence-corrected chi connectivity index (χ0v) is 19.6. The van der Waals surface area contributed by atoms with E-state index in [1.807, 2.05) is 6.07 Å². The van der Waals surface area contributed by atoms with E-state index in [2.05, 4.69) is 0 Å². The van der Waals surface area contributed by atoms with Gasteiger partial charge < -0.3 is 5.11 Å². The molecule has 34 heavy (non-hydrogen) atoms. The van der Waals surface area contributed by atoms with E-state index in [-0.39, 0.29) is 42.9 Å². The molecule has 0 unspecified atom stereocenters. The van der Waals surface area contributed by atoms with E-state index in [1.165, 1.54) is 4.31 Å². The van der Waals surface area contributed by atoms with Crippen LogP contribution in [0.1, 0.15) is 61.0 Å². The topological polar surface area (TPSA) is 98.5 Å². The molecule has 6 nitrogen and oxygen atoms in total. The third kappa shape index (κ3) is 4.10. The highest BCUT2D eigenvalue weighted by Crippen LogP contribution is 2.50. The summed E-state index contributed by atoms with van der Waals surface area (Å²) < 4.78 is 58.3. The Morgan fingerprint density at radius 1 is 1.18 bits per heavy atom. The second-order valence-electron chi connectivity index (χ2n) is 9.36. The van der Waals surface area contributed by atoms with E-state index >= 15 is 8.78 Å². The van der Waals surface area contributed by atoms with Crippen molar-refractivity contribution >= 4 is 16.0 Å². The van der Waals surface area contributed by atoms with Gasteiger partial charge in [-0.1, -0.05) is 30.3 Å². The molecule has 0 amide bonds. The molecule has 1 heterocycles. The first-order chi connectivity index (χ1) is 16.1. The van der Waals surface area contributed by atoms with Crippen molar-refractivity contribution in [2.45, 2.75) is 62.3 Å². The van der Waals surface area contributed by atoms with E-state index in [0.717, 1.165) is 12.1 Å². The van der Waals surface area contributed by atoms with Crippen molar-refractivity contribution in [2.24, 2.45) is 5.92 Å². The lowest BCUT2D eigenvalue weighted by molar-refractivity contribution is -0.150. The molecule has 2 aromatic rings. The smallest absolute Gasteiger partial charge is 0.314 e. The van der Waals surface area contributed by atoms with Gasteiger partial charge in [0.15, 0.2) is 0 Å². The second kappa shape index (κ2) is 9.08. The Morgan fingerprint density at radius 2 is 1.85 bits per heavy atom. The third-order valence-electron chi connectivity index (χ3n) is 7.24. The lowest BCUT2D eigenvalue weighted by Gasteiger charge is -2.44. The van der Waals surface area contributed by atoms with Crippen LogP contribution in [0.15, 0.2) is 42.5 Å². The molecule has 1 saturated heterocycles. The highest BCUT2D eigenvalue weighted by molar-refractivity contribution is 7.89. The van der Waals surface area contributed by atoms with Crippen LogP contribution in [0.25, 0.3) is 0 Å². The van der Waals surface area contributed by atoms with Gasteiger partial charge in [0.2, 0.25) is 10.0 Å². The Hall–Kier alpha value is -2.83. The van der Waals surface area contributed by atoms with Crippen LogP contribution in [-0.4, -0.2) is 29.8 Å². The first-order valence-corrected chi connectivity index (χ1v) is 12.7. The van der Waals surface area contributed by atoms with E-state index in [0.29, 0.717) is 18.4 Å². The SMILES string of the molecule is C[C@H]1CC[C@H](c2ccccc2)S(=O)(=O)N1Cc1cc(F)c(C2(C(=O)O)CC(CC#N)C2)cc1F. The van der Waals surface area contributed by atoms with Crippen LogP contribution < -0.4 is 0 Å². The first kappa shape index (κ1) is 24.3. The average Bonchev–Trinajstić information content (AvgIpc) is 2.76. The Morgan fingerprint density at radius 3 is 2.47 bits per heavy atom. The fourth-order valence-corrected chi connectivity index (χ4v) is 7.49. The quantitative estimate of drug-likeness (QED) is 0.637. The molecule has 1 N–H and O–H groups in total. The summed E-state index contributed by atoms with van der Waals surface area (Å²) in [6.07, 6.45) is 1.28. The molecule has 1 aliphatic heterocycles. The molecule has 0 spiro atoms. The van der Waals surface area contributed by atoms with Gasteiger partial charge in [-0.15, -0.1) is 0 Å². The molecule has 4 rings (SSSR count). The molecular weight excluding hydrogens is 462 g/mol. The maximum absolute atomic E-state index is 15.2. The van der Waals surface area contributed by atoms with E-state index in [1.54, 1.807) is 37.3 Å². The molecule has 2 aromatic carbocycles. The number of aliphatic carboxylic acids is 1. The fourth-order valence-electron chi connectivity index (χ4n) is 5.30. The zero-order valence-electron chi connectivity index (χ0n) is 18.7. The number of halogens is 2. The summed E-state index contributed by atoms with van der Waals surface area (Å²) in [5.74, 6) is -3.16. The van der Waals surface area contributed by atoms with Crippen LogP contribution in [0, 0.1) is 28.9 Å². The standard InChI is InChI=1S/C25H26F2N2O4S/c1-16-7-8-23(18-5-3-2-4-6-18)34(32,33)29(16)15-19-11-22(27)20(12-21(19)26)25(24(30)31)13-17(14-25)9-10-28/h2-6,11-12,16-17,23H,7-9,13-15H2,1H3,(H,30,31)/t16-,17?,23+,25?/m0/s1.